The second-order valence-corrected chi connectivity index (χ2v) is 6.21. The third kappa shape index (κ3) is 3.05. The molecule has 0 bridgehead atoms. The summed E-state index contributed by atoms with van der Waals surface area (Å²) in [6, 6.07) is 13.5. The monoisotopic (exact) mass is 285 g/mol. The summed E-state index contributed by atoms with van der Waals surface area (Å²) in [4.78, 5) is 0. The first kappa shape index (κ1) is 13.7. The highest BCUT2D eigenvalue weighted by Gasteiger charge is 2.20. The number of benzene rings is 2. The molecule has 1 fully saturated rings. The van der Waals surface area contributed by atoms with Gasteiger partial charge in [-0.05, 0) is 61.1 Å². The van der Waals surface area contributed by atoms with Crippen molar-refractivity contribution in [1.82, 2.24) is 5.32 Å². The van der Waals surface area contributed by atoms with Gasteiger partial charge in [-0.25, -0.2) is 0 Å². The normalized spacial score (nSPS) is 14.6. The molecule has 0 amide bonds. The van der Waals surface area contributed by atoms with Gasteiger partial charge in [-0.15, -0.1) is 0 Å². The highest BCUT2D eigenvalue weighted by molar-refractivity contribution is 6.30. The molecular weight excluding hydrogens is 266 g/mol. The van der Waals surface area contributed by atoms with Crippen molar-refractivity contribution in [3.63, 3.8) is 0 Å². The second-order valence-electron chi connectivity index (χ2n) is 5.78. The van der Waals surface area contributed by atoms with E-state index in [-0.39, 0.29) is 0 Å². The number of nitrogens with one attached hydrogen (secondary N) is 1. The molecule has 0 radical (unpaired) electrons. The largest absolute Gasteiger partial charge is 0.310 e. The molecule has 0 aromatic heterocycles. The Morgan fingerprint density at radius 2 is 1.85 bits per heavy atom. The minimum absolute atomic E-state index is 0.720. The SMILES string of the molecule is Cc1ccc(C)c(-c2cc(Cl)ccc2CNC2CC2)c1. The highest BCUT2D eigenvalue weighted by atomic mass is 35.5. The van der Waals surface area contributed by atoms with Crippen LogP contribution in [0.1, 0.15) is 29.5 Å². The predicted octanol–water partition coefficient (Wildman–Crippen LogP) is 4.88. The van der Waals surface area contributed by atoms with Crippen molar-refractivity contribution in [3.8, 4) is 11.1 Å². The summed E-state index contributed by atoms with van der Waals surface area (Å²) < 4.78 is 0. The molecule has 0 heterocycles. The van der Waals surface area contributed by atoms with E-state index in [1.807, 2.05) is 6.07 Å². The molecule has 2 aromatic carbocycles. The van der Waals surface area contributed by atoms with Crippen LogP contribution in [0.3, 0.4) is 0 Å². The molecule has 0 spiro atoms. The van der Waals surface area contributed by atoms with Crippen LogP contribution in [0.15, 0.2) is 36.4 Å². The van der Waals surface area contributed by atoms with E-state index in [9.17, 15) is 0 Å². The minimum Gasteiger partial charge on any atom is -0.310 e. The predicted molar refractivity (Wildman–Crippen MR) is 86.2 cm³/mol. The van der Waals surface area contributed by atoms with Gasteiger partial charge in [0, 0.05) is 17.6 Å². The van der Waals surface area contributed by atoms with Gasteiger partial charge in [0.15, 0.2) is 0 Å². The van der Waals surface area contributed by atoms with Gasteiger partial charge in [-0.3, -0.25) is 0 Å². The third-order valence-corrected chi connectivity index (χ3v) is 4.15. The summed E-state index contributed by atoms with van der Waals surface area (Å²) in [7, 11) is 0. The van der Waals surface area contributed by atoms with Crippen LogP contribution in [0.5, 0.6) is 0 Å². The zero-order chi connectivity index (χ0) is 14.1. The van der Waals surface area contributed by atoms with Crippen molar-refractivity contribution in [1.29, 1.82) is 0 Å². The van der Waals surface area contributed by atoms with Gasteiger partial charge < -0.3 is 5.32 Å². The van der Waals surface area contributed by atoms with Gasteiger partial charge in [0.1, 0.15) is 0 Å². The maximum Gasteiger partial charge on any atom is 0.0412 e. The number of hydrogen-bond donors (Lipinski definition) is 1. The molecular formula is C18H20ClN. The van der Waals surface area contributed by atoms with Crippen molar-refractivity contribution in [2.45, 2.75) is 39.3 Å². The molecule has 1 aliphatic carbocycles. The second kappa shape index (κ2) is 5.59. The van der Waals surface area contributed by atoms with E-state index in [0.29, 0.717) is 0 Å². The molecule has 0 saturated heterocycles. The first-order valence-corrected chi connectivity index (χ1v) is 7.61. The Labute approximate surface area is 126 Å². The molecule has 1 saturated carbocycles. The average molecular weight is 286 g/mol. The van der Waals surface area contributed by atoms with Crippen LogP contribution >= 0.6 is 11.6 Å². The Hall–Kier alpha value is -1.31. The summed E-state index contributed by atoms with van der Waals surface area (Å²) >= 11 is 6.21. The summed E-state index contributed by atoms with van der Waals surface area (Å²) in [5, 5.41) is 4.40. The number of halogens is 1. The van der Waals surface area contributed by atoms with E-state index in [4.69, 9.17) is 11.6 Å². The van der Waals surface area contributed by atoms with Gasteiger partial charge in [0.05, 0.1) is 0 Å². The van der Waals surface area contributed by atoms with E-state index in [0.717, 1.165) is 17.6 Å². The lowest BCUT2D eigenvalue weighted by molar-refractivity contribution is 0.689. The van der Waals surface area contributed by atoms with Crippen LogP contribution in [0.2, 0.25) is 5.02 Å². The van der Waals surface area contributed by atoms with Gasteiger partial charge in [-0.2, -0.15) is 0 Å². The highest BCUT2D eigenvalue weighted by Crippen LogP contribution is 2.31. The zero-order valence-electron chi connectivity index (χ0n) is 12.0. The third-order valence-electron chi connectivity index (χ3n) is 3.91. The van der Waals surface area contributed by atoms with Crippen molar-refractivity contribution in [2.24, 2.45) is 0 Å². The summed E-state index contributed by atoms with van der Waals surface area (Å²) in [6.07, 6.45) is 2.62. The van der Waals surface area contributed by atoms with Crippen molar-refractivity contribution < 1.29 is 0 Å². The first-order chi connectivity index (χ1) is 9.63. The van der Waals surface area contributed by atoms with Crippen LogP contribution in [0.4, 0.5) is 0 Å². The molecule has 3 rings (SSSR count). The quantitative estimate of drug-likeness (QED) is 0.844. The van der Waals surface area contributed by atoms with Gasteiger partial charge in [-0.1, -0.05) is 41.4 Å². The van der Waals surface area contributed by atoms with Crippen LogP contribution in [-0.2, 0) is 6.54 Å². The van der Waals surface area contributed by atoms with Crippen molar-refractivity contribution >= 4 is 11.6 Å². The Kier molecular flexibility index (Phi) is 3.82. The standard InChI is InChI=1S/C18H20ClN/c1-12-3-4-13(2)17(9-12)18-10-15(19)6-5-14(18)11-20-16-7-8-16/h3-6,9-10,16,20H,7-8,11H2,1-2H3. The Morgan fingerprint density at radius 3 is 2.60 bits per heavy atom. The van der Waals surface area contributed by atoms with Gasteiger partial charge in [0.2, 0.25) is 0 Å². The maximum absolute atomic E-state index is 6.21. The van der Waals surface area contributed by atoms with E-state index in [1.54, 1.807) is 0 Å². The lowest BCUT2D eigenvalue weighted by atomic mass is 9.94. The van der Waals surface area contributed by atoms with E-state index >= 15 is 0 Å². The van der Waals surface area contributed by atoms with Crippen molar-refractivity contribution in [2.75, 3.05) is 0 Å². The lowest BCUT2D eigenvalue weighted by Gasteiger charge is -2.14. The molecule has 1 N–H and O–H groups in total. The average Bonchev–Trinajstić information content (AvgIpc) is 3.24. The van der Waals surface area contributed by atoms with Crippen LogP contribution in [0, 0.1) is 13.8 Å². The van der Waals surface area contributed by atoms with Crippen molar-refractivity contribution in [3.05, 3.63) is 58.1 Å². The molecule has 1 nitrogen and oxygen atoms in total. The number of aryl methyl sites for hydroxylation is 2. The fraction of sp³-hybridized carbons (Fsp3) is 0.333. The summed E-state index contributed by atoms with van der Waals surface area (Å²) in [5.74, 6) is 0. The summed E-state index contributed by atoms with van der Waals surface area (Å²) in [6.45, 7) is 5.22. The Balaban J connectivity index is 2.00. The van der Waals surface area contributed by atoms with Gasteiger partial charge >= 0.3 is 0 Å². The number of rotatable bonds is 4. The Morgan fingerprint density at radius 1 is 1.05 bits per heavy atom. The number of hydrogen-bond acceptors (Lipinski definition) is 1. The Bertz CT molecular complexity index is 629. The van der Waals surface area contributed by atoms with Crippen LogP contribution < -0.4 is 5.32 Å². The first-order valence-electron chi connectivity index (χ1n) is 7.23. The molecule has 2 heteroatoms. The molecule has 2 aromatic rings. The molecule has 0 unspecified atom stereocenters. The molecule has 104 valence electrons. The zero-order valence-corrected chi connectivity index (χ0v) is 12.8. The van der Waals surface area contributed by atoms with Crippen LogP contribution in [0.25, 0.3) is 11.1 Å². The summed E-state index contributed by atoms with van der Waals surface area (Å²) in [5.41, 5.74) is 6.46. The minimum atomic E-state index is 0.720. The van der Waals surface area contributed by atoms with E-state index in [1.165, 1.54) is 40.7 Å². The fourth-order valence-corrected chi connectivity index (χ4v) is 2.69. The van der Waals surface area contributed by atoms with E-state index in [2.05, 4.69) is 49.5 Å². The molecule has 0 atom stereocenters. The molecule has 1 aliphatic rings. The topological polar surface area (TPSA) is 12.0 Å². The van der Waals surface area contributed by atoms with Crippen LogP contribution in [-0.4, -0.2) is 6.04 Å². The van der Waals surface area contributed by atoms with Gasteiger partial charge in [0.25, 0.3) is 0 Å². The molecule has 0 aliphatic heterocycles. The molecule has 20 heavy (non-hydrogen) atoms. The smallest absolute Gasteiger partial charge is 0.0412 e. The maximum atomic E-state index is 6.21. The van der Waals surface area contributed by atoms with E-state index < -0.39 is 0 Å². The fourth-order valence-electron chi connectivity index (χ4n) is 2.52. The lowest BCUT2D eigenvalue weighted by Crippen LogP contribution is -2.15.